The Morgan fingerprint density at radius 3 is 2.78 bits per heavy atom. The third kappa shape index (κ3) is 3.07. The van der Waals surface area contributed by atoms with E-state index in [1.165, 1.54) is 12.1 Å². The highest BCUT2D eigenvalue weighted by atomic mass is 19.1. The van der Waals surface area contributed by atoms with Gasteiger partial charge in [0.1, 0.15) is 5.82 Å². The van der Waals surface area contributed by atoms with Crippen molar-refractivity contribution in [2.24, 2.45) is 5.92 Å². The second-order valence-electron chi connectivity index (χ2n) is 4.59. The molecule has 2 rings (SSSR count). The summed E-state index contributed by atoms with van der Waals surface area (Å²) < 4.78 is 13.0. The van der Waals surface area contributed by atoms with E-state index >= 15 is 0 Å². The first-order chi connectivity index (χ1) is 8.69. The molecule has 1 heterocycles. The molecule has 0 bridgehead atoms. The summed E-state index contributed by atoms with van der Waals surface area (Å²) >= 11 is 0. The van der Waals surface area contributed by atoms with Crippen molar-refractivity contribution in [1.29, 1.82) is 5.26 Å². The number of halogens is 1. The number of hydrogen-bond donors (Lipinski definition) is 0. The molecule has 0 radical (unpaired) electrons. The molecule has 0 atom stereocenters. The van der Waals surface area contributed by atoms with Crippen LogP contribution in [0.15, 0.2) is 24.3 Å². The molecule has 1 fully saturated rings. The largest absolute Gasteiger partial charge is 0.342 e. The highest BCUT2D eigenvalue weighted by Gasteiger charge is 2.22. The smallest absolute Gasteiger partial charge is 0.226 e. The minimum Gasteiger partial charge on any atom is -0.342 e. The third-order valence-corrected chi connectivity index (χ3v) is 3.27. The fourth-order valence-electron chi connectivity index (χ4n) is 2.19. The van der Waals surface area contributed by atoms with E-state index in [1.54, 1.807) is 17.0 Å². The van der Waals surface area contributed by atoms with Crippen molar-refractivity contribution >= 4 is 5.91 Å². The van der Waals surface area contributed by atoms with Gasteiger partial charge in [0.15, 0.2) is 0 Å². The number of benzene rings is 1. The molecule has 0 spiro atoms. The zero-order chi connectivity index (χ0) is 13.0. The van der Waals surface area contributed by atoms with Crippen LogP contribution < -0.4 is 0 Å². The molecular weight excluding hydrogens is 231 g/mol. The number of rotatable bonds is 2. The van der Waals surface area contributed by atoms with E-state index in [1.807, 2.05) is 0 Å². The van der Waals surface area contributed by atoms with Gasteiger partial charge in [-0.15, -0.1) is 0 Å². The molecule has 1 saturated heterocycles. The monoisotopic (exact) mass is 246 g/mol. The van der Waals surface area contributed by atoms with E-state index in [-0.39, 0.29) is 24.1 Å². The SMILES string of the molecule is N#CC1CCN(C(=O)Cc2cccc(F)c2)CC1. The minimum atomic E-state index is -0.316. The molecule has 0 N–H and O–H groups in total. The first-order valence-corrected chi connectivity index (χ1v) is 6.11. The predicted octanol–water partition coefficient (Wildman–Crippen LogP) is 2.13. The van der Waals surface area contributed by atoms with Crippen molar-refractivity contribution < 1.29 is 9.18 Å². The topological polar surface area (TPSA) is 44.1 Å². The molecule has 1 aliphatic rings. The fourth-order valence-corrected chi connectivity index (χ4v) is 2.19. The summed E-state index contributed by atoms with van der Waals surface area (Å²) in [7, 11) is 0. The Labute approximate surface area is 106 Å². The molecule has 3 nitrogen and oxygen atoms in total. The third-order valence-electron chi connectivity index (χ3n) is 3.27. The molecule has 0 aliphatic carbocycles. The van der Waals surface area contributed by atoms with Gasteiger partial charge in [-0.3, -0.25) is 4.79 Å². The molecule has 0 unspecified atom stereocenters. The first kappa shape index (κ1) is 12.6. The number of likely N-dealkylation sites (tertiary alicyclic amines) is 1. The van der Waals surface area contributed by atoms with Crippen LogP contribution in [0.25, 0.3) is 0 Å². The molecule has 0 aromatic heterocycles. The predicted molar refractivity (Wildman–Crippen MR) is 65.0 cm³/mol. The number of nitrogens with zero attached hydrogens (tertiary/aromatic N) is 2. The lowest BCUT2D eigenvalue weighted by Gasteiger charge is -2.29. The lowest BCUT2D eigenvalue weighted by atomic mass is 9.98. The van der Waals surface area contributed by atoms with Gasteiger partial charge in [0, 0.05) is 19.0 Å². The van der Waals surface area contributed by atoms with Crippen LogP contribution in [-0.4, -0.2) is 23.9 Å². The van der Waals surface area contributed by atoms with Crippen LogP contribution in [0.4, 0.5) is 4.39 Å². The maximum Gasteiger partial charge on any atom is 0.226 e. The summed E-state index contributed by atoms with van der Waals surface area (Å²) in [6, 6.07) is 8.35. The number of amides is 1. The molecule has 4 heteroatoms. The normalized spacial score (nSPS) is 16.3. The Kier molecular flexibility index (Phi) is 3.93. The second-order valence-corrected chi connectivity index (χ2v) is 4.59. The number of hydrogen-bond acceptors (Lipinski definition) is 2. The quantitative estimate of drug-likeness (QED) is 0.802. The van der Waals surface area contributed by atoms with Crippen LogP contribution in [0.5, 0.6) is 0 Å². The zero-order valence-electron chi connectivity index (χ0n) is 10.1. The average Bonchev–Trinajstić information content (AvgIpc) is 2.39. The lowest BCUT2D eigenvalue weighted by molar-refractivity contribution is -0.131. The maximum absolute atomic E-state index is 13.0. The van der Waals surface area contributed by atoms with E-state index in [4.69, 9.17) is 5.26 Å². The number of carbonyl (C=O) groups is 1. The zero-order valence-corrected chi connectivity index (χ0v) is 10.1. The van der Waals surface area contributed by atoms with Crippen LogP contribution in [0.2, 0.25) is 0 Å². The molecule has 1 amide bonds. The molecule has 94 valence electrons. The van der Waals surface area contributed by atoms with Gasteiger partial charge in [-0.25, -0.2) is 4.39 Å². The molecule has 0 saturated carbocycles. The number of carbonyl (C=O) groups excluding carboxylic acids is 1. The van der Waals surface area contributed by atoms with Crippen molar-refractivity contribution in [3.63, 3.8) is 0 Å². The van der Waals surface area contributed by atoms with Crippen LogP contribution in [0.1, 0.15) is 18.4 Å². The van der Waals surface area contributed by atoms with Crippen LogP contribution in [0, 0.1) is 23.1 Å². The van der Waals surface area contributed by atoms with Crippen molar-refractivity contribution in [3.05, 3.63) is 35.6 Å². The summed E-state index contributed by atoms with van der Waals surface area (Å²) in [5.74, 6) is -0.233. The lowest BCUT2D eigenvalue weighted by Crippen LogP contribution is -2.39. The summed E-state index contributed by atoms with van der Waals surface area (Å²) in [4.78, 5) is 13.8. The Balaban J connectivity index is 1.91. The molecular formula is C14H15FN2O. The van der Waals surface area contributed by atoms with Crippen LogP contribution >= 0.6 is 0 Å². The molecule has 1 aromatic carbocycles. The van der Waals surface area contributed by atoms with Gasteiger partial charge >= 0.3 is 0 Å². The van der Waals surface area contributed by atoms with Gasteiger partial charge in [0.2, 0.25) is 5.91 Å². The molecule has 1 aromatic rings. The minimum absolute atomic E-state index is 0.0111. The summed E-state index contributed by atoms with van der Waals surface area (Å²) in [5, 5.41) is 8.79. The van der Waals surface area contributed by atoms with Gasteiger partial charge < -0.3 is 4.90 Å². The Morgan fingerprint density at radius 2 is 2.17 bits per heavy atom. The van der Waals surface area contributed by atoms with Crippen molar-refractivity contribution in [2.75, 3.05) is 13.1 Å². The maximum atomic E-state index is 13.0. The number of nitriles is 1. The van der Waals surface area contributed by atoms with Crippen LogP contribution in [0.3, 0.4) is 0 Å². The van der Waals surface area contributed by atoms with E-state index in [9.17, 15) is 9.18 Å². The van der Waals surface area contributed by atoms with E-state index in [0.717, 1.165) is 12.8 Å². The van der Waals surface area contributed by atoms with Gasteiger partial charge in [0.25, 0.3) is 0 Å². The van der Waals surface area contributed by atoms with E-state index in [0.29, 0.717) is 18.7 Å². The molecule has 18 heavy (non-hydrogen) atoms. The summed E-state index contributed by atoms with van der Waals surface area (Å²) in [6.45, 7) is 1.26. The van der Waals surface area contributed by atoms with Crippen LogP contribution in [-0.2, 0) is 11.2 Å². The standard InChI is InChI=1S/C14H15FN2O/c15-13-3-1-2-12(8-13)9-14(18)17-6-4-11(10-16)5-7-17/h1-3,8,11H,4-7,9H2. The number of piperidine rings is 1. The van der Waals surface area contributed by atoms with E-state index < -0.39 is 0 Å². The highest BCUT2D eigenvalue weighted by molar-refractivity contribution is 5.78. The van der Waals surface area contributed by atoms with Gasteiger partial charge in [-0.05, 0) is 30.5 Å². The fraction of sp³-hybridized carbons (Fsp3) is 0.429. The summed E-state index contributed by atoms with van der Waals surface area (Å²) in [5.41, 5.74) is 0.697. The average molecular weight is 246 g/mol. The Hall–Kier alpha value is -1.89. The molecule has 1 aliphatic heterocycles. The first-order valence-electron chi connectivity index (χ1n) is 6.11. The van der Waals surface area contributed by atoms with E-state index in [2.05, 4.69) is 6.07 Å². The highest BCUT2D eigenvalue weighted by Crippen LogP contribution is 2.17. The van der Waals surface area contributed by atoms with Gasteiger partial charge in [-0.2, -0.15) is 5.26 Å². The van der Waals surface area contributed by atoms with Crippen molar-refractivity contribution in [3.8, 4) is 6.07 Å². The van der Waals surface area contributed by atoms with Crippen molar-refractivity contribution in [1.82, 2.24) is 4.90 Å². The Bertz CT molecular complexity index is 473. The second kappa shape index (κ2) is 5.63. The van der Waals surface area contributed by atoms with Gasteiger partial charge in [0.05, 0.1) is 12.5 Å². The summed E-state index contributed by atoms with van der Waals surface area (Å²) in [6.07, 6.45) is 1.71. The van der Waals surface area contributed by atoms with Crippen molar-refractivity contribution in [2.45, 2.75) is 19.3 Å². The van der Waals surface area contributed by atoms with Gasteiger partial charge in [-0.1, -0.05) is 12.1 Å². The Morgan fingerprint density at radius 1 is 1.44 bits per heavy atom.